The average Bonchev–Trinajstić information content (AvgIpc) is 2.25. The molecule has 0 bridgehead atoms. The van der Waals surface area contributed by atoms with Crippen molar-refractivity contribution < 1.29 is 4.74 Å². The molecule has 1 saturated heterocycles. The van der Waals surface area contributed by atoms with Crippen molar-refractivity contribution >= 4 is 0 Å². The number of rotatable bonds is 6. The molecule has 0 aromatic carbocycles. The van der Waals surface area contributed by atoms with Crippen molar-refractivity contribution in [3.8, 4) is 0 Å². The Morgan fingerprint density at radius 1 is 1.33 bits per heavy atom. The molecule has 0 aromatic heterocycles. The summed E-state index contributed by atoms with van der Waals surface area (Å²) in [5.41, 5.74) is 5.57. The minimum Gasteiger partial charge on any atom is -0.377 e. The Morgan fingerprint density at radius 3 is 2.80 bits per heavy atom. The zero-order valence-corrected chi connectivity index (χ0v) is 10.3. The van der Waals surface area contributed by atoms with Gasteiger partial charge in [0, 0.05) is 13.7 Å². The second-order valence-corrected chi connectivity index (χ2v) is 4.88. The molecular weight excluding hydrogens is 188 g/mol. The molecule has 3 heteroatoms. The Kier molecular flexibility index (Phi) is 5.58. The van der Waals surface area contributed by atoms with Crippen LogP contribution in [0.1, 0.15) is 39.0 Å². The average molecular weight is 214 g/mol. The lowest BCUT2D eigenvalue weighted by Gasteiger charge is -2.39. The SMILES string of the molecule is COC1(C)CCCN(CCCCCN)C1. The molecule has 90 valence electrons. The van der Waals surface area contributed by atoms with Gasteiger partial charge in [0.15, 0.2) is 0 Å². The summed E-state index contributed by atoms with van der Waals surface area (Å²) in [6, 6.07) is 0. The first-order valence-electron chi connectivity index (χ1n) is 6.18. The Morgan fingerprint density at radius 2 is 2.13 bits per heavy atom. The van der Waals surface area contributed by atoms with Gasteiger partial charge in [-0.25, -0.2) is 0 Å². The normalized spacial score (nSPS) is 28.2. The third-order valence-corrected chi connectivity index (χ3v) is 3.41. The van der Waals surface area contributed by atoms with E-state index in [0.717, 1.165) is 19.5 Å². The molecule has 2 N–H and O–H groups in total. The predicted molar refractivity (Wildman–Crippen MR) is 64.0 cm³/mol. The van der Waals surface area contributed by atoms with Crippen molar-refractivity contribution in [2.24, 2.45) is 5.73 Å². The maximum absolute atomic E-state index is 5.57. The summed E-state index contributed by atoms with van der Waals surface area (Å²) in [5.74, 6) is 0. The fourth-order valence-corrected chi connectivity index (χ4v) is 2.32. The molecule has 0 saturated carbocycles. The third kappa shape index (κ3) is 4.49. The van der Waals surface area contributed by atoms with Crippen molar-refractivity contribution in [2.45, 2.75) is 44.6 Å². The number of ether oxygens (including phenoxy) is 1. The van der Waals surface area contributed by atoms with E-state index in [9.17, 15) is 0 Å². The first kappa shape index (κ1) is 12.9. The summed E-state index contributed by atoms with van der Waals surface area (Å²) in [6.45, 7) is 6.58. The molecule has 1 aliphatic heterocycles. The second-order valence-electron chi connectivity index (χ2n) is 4.88. The highest BCUT2D eigenvalue weighted by molar-refractivity contribution is 4.84. The van der Waals surface area contributed by atoms with Crippen LogP contribution in [0.25, 0.3) is 0 Å². The van der Waals surface area contributed by atoms with E-state index in [4.69, 9.17) is 10.5 Å². The minimum absolute atomic E-state index is 0.0894. The topological polar surface area (TPSA) is 38.5 Å². The second kappa shape index (κ2) is 6.46. The summed E-state index contributed by atoms with van der Waals surface area (Å²) in [4.78, 5) is 2.53. The van der Waals surface area contributed by atoms with Gasteiger partial charge in [-0.3, -0.25) is 0 Å². The van der Waals surface area contributed by atoms with Crippen LogP contribution in [0.4, 0.5) is 0 Å². The monoisotopic (exact) mass is 214 g/mol. The van der Waals surface area contributed by atoms with Crippen molar-refractivity contribution in [3.05, 3.63) is 0 Å². The molecule has 1 aliphatic rings. The van der Waals surface area contributed by atoms with Gasteiger partial charge in [0.1, 0.15) is 0 Å². The van der Waals surface area contributed by atoms with E-state index in [1.165, 1.54) is 38.8 Å². The zero-order chi connectivity index (χ0) is 11.1. The molecule has 1 atom stereocenters. The van der Waals surface area contributed by atoms with Crippen LogP contribution in [0, 0.1) is 0 Å². The molecule has 0 spiro atoms. The number of nitrogens with zero attached hydrogens (tertiary/aromatic N) is 1. The summed E-state index contributed by atoms with van der Waals surface area (Å²) in [5, 5.41) is 0. The van der Waals surface area contributed by atoms with E-state index >= 15 is 0 Å². The van der Waals surface area contributed by atoms with Gasteiger partial charge in [-0.05, 0) is 52.2 Å². The molecule has 1 fully saturated rings. The first-order valence-corrected chi connectivity index (χ1v) is 6.18. The highest BCUT2D eigenvalue weighted by Crippen LogP contribution is 2.23. The van der Waals surface area contributed by atoms with Crippen LogP contribution in [0.15, 0.2) is 0 Å². The lowest BCUT2D eigenvalue weighted by molar-refractivity contribution is -0.0508. The largest absolute Gasteiger partial charge is 0.377 e. The van der Waals surface area contributed by atoms with E-state index in [0.29, 0.717) is 0 Å². The Bertz CT molecular complexity index is 175. The number of hydrogen-bond acceptors (Lipinski definition) is 3. The van der Waals surface area contributed by atoms with Gasteiger partial charge in [0.25, 0.3) is 0 Å². The summed E-state index contributed by atoms with van der Waals surface area (Å²) in [7, 11) is 1.83. The number of likely N-dealkylation sites (tertiary alicyclic amines) is 1. The number of unbranched alkanes of at least 4 members (excludes halogenated alkanes) is 2. The molecule has 1 heterocycles. The molecule has 0 aromatic rings. The Balaban J connectivity index is 2.18. The molecule has 1 rings (SSSR count). The highest BCUT2D eigenvalue weighted by Gasteiger charge is 2.30. The van der Waals surface area contributed by atoms with Crippen molar-refractivity contribution in [1.82, 2.24) is 4.90 Å². The quantitative estimate of drug-likeness (QED) is 0.683. The Labute approximate surface area is 94.0 Å². The molecule has 0 amide bonds. The molecular formula is C12H26N2O. The van der Waals surface area contributed by atoms with Crippen LogP contribution >= 0.6 is 0 Å². The molecule has 0 radical (unpaired) electrons. The summed E-state index contributed by atoms with van der Waals surface area (Å²) in [6.07, 6.45) is 6.16. The van der Waals surface area contributed by atoms with Crippen molar-refractivity contribution in [2.75, 3.05) is 33.3 Å². The third-order valence-electron chi connectivity index (χ3n) is 3.41. The molecule has 15 heavy (non-hydrogen) atoms. The van der Waals surface area contributed by atoms with Gasteiger partial charge in [0.05, 0.1) is 5.60 Å². The van der Waals surface area contributed by atoms with E-state index in [1.54, 1.807) is 0 Å². The van der Waals surface area contributed by atoms with E-state index in [2.05, 4.69) is 11.8 Å². The van der Waals surface area contributed by atoms with Gasteiger partial charge in [-0.1, -0.05) is 6.42 Å². The van der Waals surface area contributed by atoms with E-state index < -0.39 is 0 Å². The maximum Gasteiger partial charge on any atom is 0.0777 e. The number of methoxy groups -OCH3 is 1. The van der Waals surface area contributed by atoms with Crippen LogP contribution < -0.4 is 5.73 Å². The Hall–Kier alpha value is -0.120. The predicted octanol–water partition coefficient (Wildman–Crippen LogP) is 1.62. The molecule has 3 nitrogen and oxygen atoms in total. The standard InChI is InChI=1S/C12H26N2O/c1-12(15-2)7-6-10-14(11-12)9-5-3-4-8-13/h3-11,13H2,1-2H3. The van der Waals surface area contributed by atoms with E-state index in [1.807, 2.05) is 7.11 Å². The number of nitrogens with two attached hydrogens (primary N) is 1. The van der Waals surface area contributed by atoms with Crippen LogP contribution in [0.3, 0.4) is 0 Å². The molecule has 0 aliphatic carbocycles. The van der Waals surface area contributed by atoms with Crippen LogP contribution in [0.2, 0.25) is 0 Å². The van der Waals surface area contributed by atoms with Crippen LogP contribution in [-0.2, 0) is 4.74 Å². The van der Waals surface area contributed by atoms with Gasteiger partial charge in [0.2, 0.25) is 0 Å². The van der Waals surface area contributed by atoms with Gasteiger partial charge >= 0.3 is 0 Å². The van der Waals surface area contributed by atoms with Crippen LogP contribution in [-0.4, -0.2) is 43.8 Å². The summed E-state index contributed by atoms with van der Waals surface area (Å²) < 4.78 is 5.57. The zero-order valence-electron chi connectivity index (χ0n) is 10.3. The smallest absolute Gasteiger partial charge is 0.0777 e. The van der Waals surface area contributed by atoms with Crippen molar-refractivity contribution in [3.63, 3.8) is 0 Å². The first-order chi connectivity index (χ1) is 7.20. The fourth-order valence-electron chi connectivity index (χ4n) is 2.32. The molecule has 1 unspecified atom stereocenters. The highest BCUT2D eigenvalue weighted by atomic mass is 16.5. The van der Waals surface area contributed by atoms with Gasteiger partial charge in [-0.15, -0.1) is 0 Å². The maximum atomic E-state index is 5.57. The van der Waals surface area contributed by atoms with Crippen molar-refractivity contribution in [1.29, 1.82) is 0 Å². The van der Waals surface area contributed by atoms with Gasteiger partial charge < -0.3 is 15.4 Å². The van der Waals surface area contributed by atoms with Crippen LogP contribution in [0.5, 0.6) is 0 Å². The van der Waals surface area contributed by atoms with E-state index in [-0.39, 0.29) is 5.60 Å². The lowest BCUT2D eigenvalue weighted by atomic mass is 9.94. The summed E-state index contributed by atoms with van der Waals surface area (Å²) >= 11 is 0. The minimum atomic E-state index is 0.0894. The lowest BCUT2D eigenvalue weighted by Crippen LogP contribution is -2.47. The number of hydrogen-bond donors (Lipinski definition) is 1. The number of piperidine rings is 1. The van der Waals surface area contributed by atoms with Gasteiger partial charge in [-0.2, -0.15) is 0 Å². The fraction of sp³-hybridized carbons (Fsp3) is 1.00.